The molecule has 0 fully saturated rings. The first kappa shape index (κ1) is 16.6. The van der Waals surface area contributed by atoms with E-state index in [0.29, 0.717) is 12.2 Å². The van der Waals surface area contributed by atoms with Crippen molar-refractivity contribution in [2.75, 3.05) is 13.2 Å². The molecule has 0 heterocycles. The molecule has 0 aliphatic carbocycles. The lowest BCUT2D eigenvalue weighted by molar-refractivity contribution is -0.0399. The molecule has 0 saturated carbocycles. The Kier molecular flexibility index (Phi) is 6.43. The Morgan fingerprint density at radius 2 is 2.05 bits per heavy atom. The van der Waals surface area contributed by atoms with Gasteiger partial charge < -0.3 is 10.1 Å². The molecule has 19 heavy (non-hydrogen) atoms. The molecule has 1 N–H and O–H groups in total. The van der Waals surface area contributed by atoms with Gasteiger partial charge >= 0.3 is 0 Å². The van der Waals surface area contributed by atoms with Gasteiger partial charge in [0, 0.05) is 16.6 Å². The highest BCUT2D eigenvalue weighted by Crippen LogP contribution is 2.32. The summed E-state index contributed by atoms with van der Waals surface area (Å²) in [6, 6.07) is 4.85. The quantitative estimate of drug-likeness (QED) is 0.797. The lowest BCUT2D eigenvalue weighted by Gasteiger charge is -2.35. The van der Waals surface area contributed by atoms with E-state index in [2.05, 4.69) is 28.2 Å². The van der Waals surface area contributed by atoms with Crippen LogP contribution in [0.25, 0.3) is 0 Å². The maximum absolute atomic E-state index is 14.1. The van der Waals surface area contributed by atoms with Gasteiger partial charge in [0.25, 0.3) is 0 Å². The minimum Gasteiger partial charge on any atom is -0.374 e. The van der Waals surface area contributed by atoms with Crippen molar-refractivity contribution < 1.29 is 9.13 Å². The summed E-state index contributed by atoms with van der Waals surface area (Å²) < 4.78 is 20.8. The fraction of sp³-hybridized carbons (Fsp3) is 0.600. The lowest BCUT2D eigenvalue weighted by Crippen LogP contribution is -2.42. The maximum Gasteiger partial charge on any atom is 0.128 e. The van der Waals surface area contributed by atoms with Crippen LogP contribution in [-0.2, 0) is 4.74 Å². The molecule has 1 rings (SSSR count). The Labute approximate surface area is 123 Å². The number of halogens is 2. The second-order valence-corrected chi connectivity index (χ2v) is 6.01. The van der Waals surface area contributed by atoms with E-state index in [4.69, 9.17) is 4.74 Å². The molecule has 0 aliphatic heterocycles. The Bertz CT molecular complexity index is 409. The van der Waals surface area contributed by atoms with Crippen LogP contribution < -0.4 is 5.32 Å². The average Bonchev–Trinajstić information content (AvgIpc) is 2.33. The zero-order valence-corrected chi connectivity index (χ0v) is 13.7. The number of rotatable bonds is 7. The molecule has 0 amide bonds. The van der Waals surface area contributed by atoms with E-state index in [1.54, 1.807) is 6.07 Å². The second-order valence-electron chi connectivity index (χ2n) is 5.09. The van der Waals surface area contributed by atoms with E-state index in [9.17, 15) is 4.39 Å². The van der Waals surface area contributed by atoms with E-state index < -0.39 is 5.60 Å². The first-order chi connectivity index (χ1) is 8.92. The summed E-state index contributed by atoms with van der Waals surface area (Å²) in [7, 11) is 0. The zero-order chi connectivity index (χ0) is 14.5. The van der Waals surface area contributed by atoms with E-state index in [0.717, 1.165) is 17.4 Å². The van der Waals surface area contributed by atoms with Gasteiger partial charge in [0.05, 0.1) is 11.6 Å². The molecular weight excluding hydrogens is 309 g/mol. The number of nitrogens with one attached hydrogen (secondary N) is 1. The predicted molar refractivity (Wildman–Crippen MR) is 80.8 cm³/mol. The van der Waals surface area contributed by atoms with Crippen LogP contribution in [-0.4, -0.2) is 18.8 Å². The monoisotopic (exact) mass is 331 g/mol. The number of hydrogen-bond acceptors (Lipinski definition) is 2. The minimum atomic E-state index is -0.467. The van der Waals surface area contributed by atoms with Crippen molar-refractivity contribution >= 4 is 15.9 Å². The van der Waals surface area contributed by atoms with Crippen molar-refractivity contribution in [3.05, 3.63) is 34.1 Å². The molecule has 108 valence electrons. The summed E-state index contributed by atoms with van der Waals surface area (Å²) >= 11 is 3.40. The Balaban J connectivity index is 3.11. The maximum atomic E-state index is 14.1. The normalized spacial score (nSPS) is 13.6. The number of ether oxygens (including phenoxy) is 1. The Morgan fingerprint density at radius 3 is 2.63 bits per heavy atom. The van der Waals surface area contributed by atoms with Crippen LogP contribution in [0.3, 0.4) is 0 Å². The summed E-state index contributed by atoms with van der Waals surface area (Å²) in [6.07, 6.45) is 0.994. The second kappa shape index (κ2) is 7.36. The number of hydrogen-bond donors (Lipinski definition) is 1. The highest BCUT2D eigenvalue weighted by molar-refractivity contribution is 9.10. The van der Waals surface area contributed by atoms with E-state index in [-0.39, 0.29) is 11.9 Å². The van der Waals surface area contributed by atoms with Crippen molar-refractivity contribution in [3.8, 4) is 0 Å². The van der Waals surface area contributed by atoms with Gasteiger partial charge in [-0.05, 0) is 51.9 Å². The minimum absolute atomic E-state index is 0.176. The SMILES string of the molecule is CCCNC(c1cc(Br)ccc1F)C(C)(C)OCC. The third kappa shape index (κ3) is 4.55. The summed E-state index contributed by atoms with van der Waals surface area (Å²) in [4.78, 5) is 0. The van der Waals surface area contributed by atoms with Crippen molar-refractivity contribution in [2.45, 2.75) is 45.8 Å². The van der Waals surface area contributed by atoms with Crippen LogP contribution in [0.4, 0.5) is 4.39 Å². The fourth-order valence-corrected chi connectivity index (χ4v) is 2.59. The van der Waals surface area contributed by atoms with Crippen LogP contribution in [0.15, 0.2) is 22.7 Å². The van der Waals surface area contributed by atoms with Crippen LogP contribution >= 0.6 is 15.9 Å². The summed E-state index contributed by atoms with van der Waals surface area (Å²) in [6.45, 7) is 9.46. The van der Waals surface area contributed by atoms with Gasteiger partial charge in [0.1, 0.15) is 5.82 Å². The summed E-state index contributed by atoms with van der Waals surface area (Å²) in [5.41, 5.74) is 0.173. The van der Waals surface area contributed by atoms with Crippen LogP contribution in [0.2, 0.25) is 0 Å². The molecule has 0 radical (unpaired) electrons. The van der Waals surface area contributed by atoms with Crippen molar-refractivity contribution in [1.29, 1.82) is 0 Å². The predicted octanol–water partition coefficient (Wildman–Crippen LogP) is 4.44. The molecule has 2 nitrogen and oxygen atoms in total. The lowest BCUT2D eigenvalue weighted by atomic mass is 9.91. The fourth-order valence-electron chi connectivity index (χ4n) is 2.21. The standard InChI is InChI=1S/C15H23BrFNO/c1-5-9-18-14(15(3,4)19-6-2)12-10-11(16)7-8-13(12)17/h7-8,10,14,18H,5-6,9H2,1-4H3. The highest BCUT2D eigenvalue weighted by atomic mass is 79.9. The summed E-state index contributed by atoms with van der Waals surface area (Å²) in [5.74, 6) is -0.204. The largest absolute Gasteiger partial charge is 0.374 e. The molecule has 0 aromatic heterocycles. The molecular formula is C15H23BrFNO. The van der Waals surface area contributed by atoms with Crippen LogP contribution in [0.5, 0.6) is 0 Å². The van der Waals surface area contributed by atoms with Gasteiger partial charge in [-0.1, -0.05) is 22.9 Å². The van der Waals surface area contributed by atoms with Gasteiger partial charge in [0.15, 0.2) is 0 Å². The first-order valence-corrected chi connectivity index (χ1v) is 7.54. The zero-order valence-electron chi connectivity index (χ0n) is 12.1. The molecule has 1 aromatic rings. The molecule has 0 bridgehead atoms. The summed E-state index contributed by atoms with van der Waals surface area (Å²) in [5, 5.41) is 3.39. The molecule has 1 aromatic carbocycles. The van der Waals surface area contributed by atoms with Gasteiger partial charge in [-0.25, -0.2) is 4.39 Å². The van der Waals surface area contributed by atoms with E-state index >= 15 is 0 Å². The van der Waals surface area contributed by atoms with Gasteiger partial charge in [-0.3, -0.25) is 0 Å². The first-order valence-electron chi connectivity index (χ1n) is 6.74. The molecule has 1 unspecified atom stereocenters. The van der Waals surface area contributed by atoms with Gasteiger partial charge in [-0.15, -0.1) is 0 Å². The molecule has 4 heteroatoms. The molecule has 1 atom stereocenters. The van der Waals surface area contributed by atoms with Crippen molar-refractivity contribution in [3.63, 3.8) is 0 Å². The third-order valence-electron chi connectivity index (χ3n) is 3.08. The Morgan fingerprint density at radius 1 is 1.37 bits per heavy atom. The van der Waals surface area contributed by atoms with Gasteiger partial charge in [0.2, 0.25) is 0 Å². The average molecular weight is 332 g/mol. The van der Waals surface area contributed by atoms with Crippen LogP contribution in [0.1, 0.15) is 45.7 Å². The van der Waals surface area contributed by atoms with Crippen molar-refractivity contribution in [2.24, 2.45) is 0 Å². The van der Waals surface area contributed by atoms with Crippen LogP contribution in [0, 0.1) is 5.82 Å². The molecule has 0 aliphatic rings. The number of benzene rings is 1. The third-order valence-corrected chi connectivity index (χ3v) is 3.57. The smallest absolute Gasteiger partial charge is 0.128 e. The highest BCUT2D eigenvalue weighted by Gasteiger charge is 2.32. The van der Waals surface area contributed by atoms with E-state index in [1.807, 2.05) is 26.8 Å². The van der Waals surface area contributed by atoms with Crippen molar-refractivity contribution in [1.82, 2.24) is 5.32 Å². The molecule has 0 spiro atoms. The van der Waals surface area contributed by atoms with E-state index in [1.165, 1.54) is 6.07 Å². The molecule has 0 saturated heterocycles. The topological polar surface area (TPSA) is 21.3 Å². The van der Waals surface area contributed by atoms with Gasteiger partial charge in [-0.2, -0.15) is 0 Å². The Hall–Kier alpha value is -0.450.